The number of thioether (sulfide) groups is 1. The first-order valence-corrected chi connectivity index (χ1v) is 27.1. The summed E-state index contributed by atoms with van der Waals surface area (Å²) in [6.45, 7) is -5.45. The highest BCUT2D eigenvalue weighted by atomic mass is 35.5. The van der Waals surface area contributed by atoms with E-state index in [0.29, 0.717) is 38.2 Å². The van der Waals surface area contributed by atoms with Gasteiger partial charge in [0.15, 0.2) is 0 Å². The molecule has 0 bridgehead atoms. The normalized spacial score (nSPS) is 23.8. The Morgan fingerprint density at radius 3 is 2.13 bits per heavy atom. The van der Waals surface area contributed by atoms with Crippen LogP contribution in [0.5, 0.6) is 0 Å². The van der Waals surface area contributed by atoms with Gasteiger partial charge >= 0.3 is 5.51 Å². The van der Waals surface area contributed by atoms with Crippen molar-refractivity contribution < 1.29 is 45.8 Å². The Hall–Kier alpha value is -4.10. The van der Waals surface area contributed by atoms with Gasteiger partial charge in [-0.3, -0.25) is 14.6 Å². The Morgan fingerprint density at radius 2 is 1.51 bits per heavy atom. The van der Waals surface area contributed by atoms with Crippen LogP contribution >= 0.6 is 23.4 Å². The summed E-state index contributed by atoms with van der Waals surface area (Å²) in [4.78, 5) is 17.1. The number of rotatable bonds is 16. The zero-order chi connectivity index (χ0) is 56.4. The molecule has 4 aliphatic rings. The highest BCUT2D eigenvalue weighted by molar-refractivity contribution is 7.99. The first-order chi connectivity index (χ1) is 35.7. The molecule has 2 aliphatic carbocycles. The number of alkyl halides is 3. The van der Waals surface area contributed by atoms with Crippen molar-refractivity contribution in [2.75, 3.05) is 81.2 Å². The monoisotopic (exact) mass is 1030 g/mol. The molecule has 4 aromatic carbocycles. The van der Waals surface area contributed by atoms with Crippen LogP contribution in [0.25, 0.3) is 5.57 Å². The maximum absolute atomic E-state index is 14.5. The Kier molecular flexibility index (Phi) is 12.6. The van der Waals surface area contributed by atoms with Crippen LogP contribution in [0.3, 0.4) is 0 Å². The topological polar surface area (TPSA) is 122 Å². The molecule has 2 aliphatic heterocycles. The predicted octanol–water partition coefficient (Wildman–Crippen LogP) is 9.67. The molecule has 2 N–H and O–H groups in total. The summed E-state index contributed by atoms with van der Waals surface area (Å²) in [5.74, 6) is -1.23. The van der Waals surface area contributed by atoms with Crippen molar-refractivity contribution in [3.05, 3.63) is 119 Å². The summed E-state index contributed by atoms with van der Waals surface area (Å²) in [5.41, 5.74) is -2.94. The molecule has 4 aromatic rings. The van der Waals surface area contributed by atoms with Crippen molar-refractivity contribution in [3.63, 3.8) is 0 Å². The lowest BCUT2D eigenvalue weighted by molar-refractivity contribution is -0.0435. The number of sulfonamides is 1. The largest absolute Gasteiger partial charge is 0.501 e. The fourth-order valence-electron chi connectivity index (χ4n) is 8.74. The maximum atomic E-state index is 14.5. The third kappa shape index (κ3) is 12.7. The third-order valence-corrected chi connectivity index (χ3v) is 17.2. The average molecular weight is 1040 g/mol. The molecular weight excluding hydrogens is 965 g/mol. The second-order valence-electron chi connectivity index (χ2n) is 19.0. The molecule has 372 valence electrons. The van der Waals surface area contributed by atoms with Gasteiger partial charge in [0.2, 0.25) is 0 Å². The van der Waals surface area contributed by atoms with Crippen LogP contribution in [0.15, 0.2) is 117 Å². The number of nitrogens with zero attached hydrogens (tertiary/aromatic N) is 4. The van der Waals surface area contributed by atoms with E-state index in [-0.39, 0.29) is 17.4 Å². The maximum Gasteiger partial charge on any atom is 0.501 e. The number of carbonyl (C=O) groups excluding carboxylic acids is 1. The van der Waals surface area contributed by atoms with Gasteiger partial charge in [0.1, 0.15) is 4.90 Å². The van der Waals surface area contributed by atoms with E-state index in [1.807, 2.05) is 16.9 Å². The molecule has 18 heteroatoms. The van der Waals surface area contributed by atoms with Crippen LogP contribution in [0.4, 0.5) is 24.5 Å². The van der Waals surface area contributed by atoms with Gasteiger partial charge in [-0.15, -0.1) is 11.8 Å². The second kappa shape index (κ2) is 20.9. The number of carbonyl (C=O) groups is 1. The summed E-state index contributed by atoms with van der Waals surface area (Å²) in [6.07, 6.45) is 5.42. The molecule has 2 saturated heterocycles. The molecule has 11 nitrogen and oxygen atoms in total. The first kappa shape index (κ1) is 41.5. The number of allylic oxidation sites excluding steroid dienone is 1. The minimum absolute atomic E-state index is 0.0973. The van der Waals surface area contributed by atoms with Gasteiger partial charge in [0, 0.05) is 115 Å². The fourth-order valence-corrected chi connectivity index (χ4v) is 11.9. The number of halogens is 4. The number of hydrogen-bond acceptors (Lipinski definition) is 11. The Bertz CT molecular complexity index is 3060. The molecular formula is C51H62ClF3N6O5S3. The van der Waals surface area contributed by atoms with E-state index in [1.54, 1.807) is 42.5 Å². The van der Waals surface area contributed by atoms with Crippen LogP contribution in [-0.4, -0.2) is 126 Å². The van der Waals surface area contributed by atoms with E-state index >= 15 is 0 Å². The zero-order valence-electron chi connectivity index (χ0n) is 46.6. The molecule has 1 unspecified atom stereocenters. The van der Waals surface area contributed by atoms with E-state index in [1.165, 1.54) is 68.9 Å². The quantitative estimate of drug-likeness (QED) is 0.104. The lowest BCUT2D eigenvalue weighted by Gasteiger charge is -2.42. The molecule has 0 radical (unpaired) electrons. The van der Waals surface area contributed by atoms with Crippen molar-refractivity contribution in [1.29, 1.82) is 0 Å². The summed E-state index contributed by atoms with van der Waals surface area (Å²) >= 11 is 7.34. The Labute approximate surface area is 426 Å². The Morgan fingerprint density at radius 1 is 0.841 bits per heavy atom. The van der Waals surface area contributed by atoms with Crippen molar-refractivity contribution in [2.45, 2.75) is 91.1 Å². The van der Waals surface area contributed by atoms with E-state index in [4.69, 9.17) is 22.6 Å². The van der Waals surface area contributed by atoms with Gasteiger partial charge in [0.25, 0.3) is 25.8 Å². The summed E-state index contributed by atoms with van der Waals surface area (Å²) in [6, 6.07) is 23.4. The smallest absolute Gasteiger partial charge is 0.380 e. The van der Waals surface area contributed by atoms with Gasteiger partial charge < -0.3 is 15.1 Å². The molecule has 1 atom stereocenters. The highest BCUT2D eigenvalue weighted by Gasteiger charge is 2.49. The van der Waals surface area contributed by atoms with E-state index < -0.39 is 97.3 Å². The van der Waals surface area contributed by atoms with Crippen LogP contribution in [-0.2, 0) is 19.9 Å². The van der Waals surface area contributed by atoms with Crippen molar-refractivity contribution in [2.24, 2.45) is 5.41 Å². The minimum atomic E-state index is -6.35. The Balaban J connectivity index is 0.981. The fraction of sp³-hybridized carbons (Fsp3) is 0.471. The van der Waals surface area contributed by atoms with Gasteiger partial charge in [-0.1, -0.05) is 47.5 Å². The van der Waals surface area contributed by atoms with Gasteiger partial charge in [-0.05, 0) is 143 Å². The summed E-state index contributed by atoms with van der Waals surface area (Å²) in [7, 11) is -11.4. The molecule has 1 spiro atoms. The van der Waals surface area contributed by atoms with Crippen LogP contribution in [0.2, 0.25) is 5.02 Å². The highest BCUT2D eigenvalue weighted by Crippen LogP contribution is 2.58. The number of benzene rings is 4. The zero-order valence-corrected chi connectivity index (χ0v) is 41.8. The van der Waals surface area contributed by atoms with E-state index in [2.05, 4.69) is 27.2 Å². The molecule has 1 amide bonds. The van der Waals surface area contributed by atoms with Gasteiger partial charge in [-0.2, -0.15) is 13.2 Å². The lowest BCUT2D eigenvalue weighted by atomic mass is 9.79. The third-order valence-electron chi connectivity index (χ3n) is 13.0. The number of piperazine rings is 2. The molecule has 3 fully saturated rings. The SMILES string of the molecule is [2H]C1([2H])N(CCC(CSc2ccccc2)Nc2ccc(S(=O)(=O)NC(=O)c3ccc(N4CCN(CC5=C(c6ccc(Cl)cc6)CCC6(CC6)C5)CC4)cc3)cc2S(=O)(=O)C(F)(F)F)C([2H])([2H])C([2H])([2H])N(C(C)(C)C)C1([2H])[2H]. The van der Waals surface area contributed by atoms with Crippen molar-refractivity contribution in [3.8, 4) is 0 Å². The number of nitrogens with one attached hydrogen (secondary N) is 2. The van der Waals surface area contributed by atoms with Gasteiger partial charge in [-0.25, -0.2) is 21.6 Å². The average Bonchev–Trinajstić information content (AvgIpc) is 4.13. The van der Waals surface area contributed by atoms with Crippen LogP contribution < -0.4 is 14.9 Å². The number of sulfone groups is 1. The standard InChI is InChI=1S/C51H62ClF3N6O5S3/c1-49(2,3)61-31-27-58(28-32-61)24-20-41(36-67-43-7-5-4-6-8-43)56-46-18-17-44(33-47(46)68(63,64)51(53,54)55)69(65,66)57-48(62)38-11-15-42(16-12-38)60-29-25-59(26-30-60)35-39-34-50(22-23-50)21-19-45(39)37-9-13-40(52)14-10-37/h4-18,33,41,56H,19-32,34-36H2,1-3H3,(H,57,62)/i27D2,28D2,31D2,32D2. The van der Waals surface area contributed by atoms with E-state index in [9.17, 15) is 34.8 Å². The van der Waals surface area contributed by atoms with Crippen molar-refractivity contribution in [1.82, 2.24) is 19.4 Å². The lowest BCUT2D eigenvalue weighted by Crippen LogP contribution is -2.53. The van der Waals surface area contributed by atoms with Crippen LogP contribution in [0.1, 0.15) is 86.2 Å². The summed E-state index contributed by atoms with van der Waals surface area (Å²) in [5, 5.41) is 3.41. The molecule has 69 heavy (non-hydrogen) atoms. The predicted molar refractivity (Wildman–Crippen MR) is 270 cm³/mol. The van der Waals surface area contributed by atoms with E-state index in [0.717, 1.165) is 62.1 Å². The minimum Gasteiger partial charge on any atom is -0.380 e. The first-order valence-electron chi connectivity index (χ1n) is 26.8. The molecule has 0 aromatic heterocycles. The molecule has 2 heterocycles. The summed E-state index contributed by atoms with van der Waals surface area (Å²) < 4.78 is 170. The van der Waals surface area contributed by atoms with Gasteiger partial charge in [0.05, 0.1) is 10.6 Å². The molecule has 1 saturated carbocycles. The van der Waals surface area contributed by atoms with Crippen LogP contribution in [0, 0.1) is 5.41 Å². The molecule has 8 rings (SSSR count). The second-order valence-corrected chi connectivity index (χ2v) is 24.1. The number of amides is 1. The van der Waals surface area contributed by atoms with Crippen molar-refractivity contribution >= 4 is 66.1 Å². The number of anilines is 2. The number of hydrogen-bond donors (Lipinski definition) is 2.